The number of hydrogen-bond donors (Lipinski definition) is 3. The van der Waals surface area contributed by atoms with Gasteiger partial charge in [-0.05, 0) is 48.9 Å². The van der Waals surface area contributed by atoms with Crippen LogP contribution in [-0.2, 0) is 16.0 Å². The summed E-state index contributed by atoms with van der Waals surface area (Å²) in [6, 6.07) is 14.9. The van der Waals surface area contributed by atoms with E-state index in [1.165, 1.54) is 12.1 Å². The summed E-state index contributed by atoms with van der Waals surface area (Å²) in [5, 5.41) is 6.56. The molecule has 1 aliphatic heterocycles. The Labute approximate surface area is 187 Å². The largest absolute Gasteiger partial charge is 0.344 e. The first-order valence-electron chi connectivity index (χ1n) is 10.7. The van der Waals surface area contributed by atoms with E-state index in [0.29, 0.717) is 12.8 Å². The number of rotatable bonds is 9. The lowest BCUT2D eigenvalue weighted by Gasteiger charge is -2.24. The van der Waals surface area contributed by atoms with Gasteiger partial charge in [0.15, 0.2) is 0 Å². The highest BCUT2D eigenvalue weighted by Gasteiger charge is 2.48. The third-order valence-electron chi connectivity index (χ3n) is 5.63. The summed E-state index contributed by atoms with van der Waals surface area (Å²) in [5.74, 6) is -1.21. The number of halogens is 1. The number of carbonyl (C=O) groups excluding carboxylic acids is 3. The molecule has 0 spiro atoms. The molecule has 1 aliphatic rings. The van der Waals surface area contributed by atoms with Crippen molar-refractivity contribution in [3.05, 3.63) is 71.5 Å². The Morgan fingerprint density at radius 1 is 1.09 bits per heavy atom. The summed E-state index contributed by atoms with van der Waals surface area (Å²) in [6.45, 7) is 5.50. The summed E-state index contributed by atoms with van der Waals surface area (Å²) in [7, 11) is 0. The Morgan fingerprint density at radius 3 is 2.38 bits per heavy atom. The SMILES string of the molecule is CC(C)C(NCC(=O)NN1C(=O)NC(C)(CCc2ccccc2)C1=O)c1ccc(F)cc1. The molecule has 8 heteroatoms. The fraction of sp³-hybridized carbons (Fsp3) is 0.375. The van der Waals surface area contributed by atoms with E-state index < -0.39 is 23.4 Å². The van der Waals surface area contributed by atoms with Gasteiger partial charge in [-0.2, -0.15) is 5.01 Å². The van der Waals surface area contributed by atoms with E-state index in [4.69, 9.17) is 0 Å². The van der Waals surface area contributed by atoms with Crippen molar-refractivity contribution in [1.29, 1.82) is 0 Å². The molecule has 0 aliphatic carbocycles. The highest BCUT2D eigenvalue weighted by atomic mass is 19.1. The molecule has 0 bridgehead atoms. The van der Waals surface area contributed by atoms with Gasteiger partial charge in [0.25, 0.3) is 11.8 Å². The van der Waals surface area contributed by atoms with Crippen molar-refractivity contribution in [1.82, 2.24) is 21.1 Å². The average molecular weight is 441 g/mol. The number of hydrazine groups is 1. The second-order valence-corrected chi connectivity index (χ2v) is 8.58. The molecule has 2 unspecified atom stereocenters. The number of nitrogens with one attached hydrogen (secondary N) is 3. The monoisotopic (exact) mass is 440 g/mol. The third kappa shape index (κ3) is 5.50. The molecular formula is C24H29FN4O3. The van der Waals surface area contributed by atoms with Crippen LogP contribution >= 0.6 is 0 Å². The predicted octanol–water partition coefficient (Wildman–Crippen LogP) is 3.09. The van der Waals surface area contributed by atoms with Crippen molar-refractivity contribution >= 4 is 17.8 Å². The van der Waals surface area contributed by atoms with Gasteiger partial charge in [0, 0.05) is 6.04 Å². The molecule has 0 saturated carbocycles. The maximum absolute atomic E-state index is 13.2. The molecule has 7 nitrogen and oxygen atoms in total. The molecule has 1 fully saturated rings. The lowest BCUT2D eigenvalue weighted by Crippen LogP contribution is -2.51. The zero-order valence-corrected chi connectivity index (χ0v) is 18.5. The van der Waals surface area contributed by atoms with Gasteiger partial charge in [-0.15, -0.1) is 0 Å². The average Bonchev–Trinajstić information content (AvgIpc) is 2.97. The van der Waals surface area contributed by atoms with Gasteiger partial charge in [-0.3, -0.25) is 15.0 Å². The van der Waals surface area contributed by atoms with Crippen LogP contribution in [0.1, 0.15) is 44.4 Å². The molecule has 2 aromatic rings. The maximum Gasteiger partial charge on any atom is 0.344 e. The van der Waals surface area contributed by atoms with Crippen molar-refractivity contribution < 1.29 is 18.8 Å². The van der Waals surface area contributed by atoms with Crippen LogP contribution in [0.2, 0.25) is 0 Å². The Balaban J connectivity index is 1.57. The van der Waals surface area contributed by atoms with E-state index in [9.17, 15) is 18.8 Å². The normalized spacial score (nSPS) is 19.2. The maximum atomic E-state index is 13.2. The van der Waals surface area contributed by atoms with Crippen molar-refractivity contribution in [3.8, 4) is 0 Å². The molecule has 3 N–H and O–H groups in total. The quantitative estimate of drug-likeness (QED) is 0.523. The van der Waals surface area contributed by atoms with E-state index in [1.807, 2.05) is 44.2 Å². The van der Waals surface area contributed by atoms with Crippen molar-refractivity contribution in [2.45, 2.75) is 45.2 Å². The van der Waals surface area contributed by atoms with Crippen LogP contribution in [0.3, 0.4) is 0 Å². The van der Waals surface area contributed by atoms with Gasteiger partial charge in [-0.1, -0.05) is 56.3 Å². The van der Waals surface area contributed by atoms with E-state index in [1.54, 1.807) is 19.1 Å². The van der Waals surface area contributed by atoms with Gasteiger partial charge in [0.05, 0.1) is 6.54 Å². The molecule has 0 aromatic heterocycles. The first-order chi connectivity index (χ1) is 15.2. The molecule has 3 rings (SSSR count). The van der Waals surface area contributed by atoms with Crippen LogP contribution in [0.4, 0.5) is 9.18 Å². The van der Waals surface area contributed by atoms with Gasteiger partial charge < -0.3 is 10.6 Å². The van der Waals surface area contributed by atoms with E-state index in [2.05, 4.69) is 16.1 Å². The highest BCUT2D eigenvalue weighted by molar-refractivity contribution is 6.07. The zero-order valence-electron chi connectivity index (χ0n) is 18.5. The number of nitrogens with zero attached hydrogens (tertiary/aromatic N) is 1. The highest BCUT2D eigenvalue weighted by Crippen LogP contribution is 2.23. The van der Waals surface area contributed by atoms with Crippen LogP contribution in [-0.4, -0.2) is 34.9 Å². The van der Waals surface area contributed by atoms with Gasteiger partial charge >= 0.3 is 6.03 Å². The van der Waals surface area contributed by atoms with Gasteiger partial charge in [0.2, 0.25) is 0 Å². The number of carbonyl (C=O) groups is 3. The number of benzene rings is 2. The Kier molecular flexibility index (Phi) is 7.25. The molecule has 1 saturated heterocycles. The second kappa shape index (κ2) is 9.91. The molecule has 2 aromatic carbocycles. The first-order valence-corrected chi connectivity index (χ1v) is 10.7. The lowest BCUT2D eigenvalue weighted by atomic mass is 9.93. The molecule has 2 atom stereocenters. The zero-order chi connectivity index (χ0) is 23.3. The summed E-state index contributed by atoms with van der Waals surface area (Å²) < 4.78 is 13.2. The van der Waals surface area contributed by atoms with E-state index >= 15 is 0 Å². The molecule has 0 radical (unpaired) electrons. The Bertz CT molecular complexity index is 965. The predicted molar refractivity (Wildman–Crippen MR) is 119 cm³/mol. The standard InChI is InChI=1S/C24H29FN4O3/c1-16(2)21(18-9-11-19(25)12-10-18)26-15-20(30)28-29-22(31)24(3,27-23(29)32)14-13-17-7-5-4-6-8-17/h4-12,16,21,26H,13-15H2,1-3H3,(H,27,32)(H,28,30). The van der Waals surface area contributed by atoms with E-state index in [-0.39, 0.29) is 24.3 Å². The van der Waals surface area contributed by atoms with Crippen LogP contribution in [0, 0.1) is 11.7 Å². The minimum absolute atomic E-state index is 0.113. The third-order valence-corrected chi connectivity index (χ3v) is 5.63. The Hall–Kier alpha value is -3.26. The topological polar surface area (TPSA) is 90.5 Å². The molecule has 170 valence electrons. The summed E-state index contributed by atoms with van der Waals surface area (Å²) in [5.41, 5.74) is 3.21. The first kappa shape index (κ1) is 23.4. The van der Waals surface area contributed by atoms with Crippen LogP contribution in [0.15, 0.2) is 54.6 Å². The summed E-state index contributed by atoms with van der Waals surface area (Å²) >= 11 is 0. The van der Waals surface area contributed by atoms with Gasteiger partial charge in [0.1, 0.15) is 11.4 Å². The molecule has 1 heterocycles. The summed E-state index contributed by atoms with van der Waals surface area (Å²) in [4.78, 5) is 37.7. The van der Waals surface area contributed by atoms with Crippen molar-refractivity contribution in [3.63, 3.8) is 0 Å². The number of imide groups is 1. The van der Waals surface area contributed by atoms with Crippen LogP contribution < -0.4 is 16.1 Å². The molecule has 4 amide bonds. The number of hydrogen-bond acceptors (Lipinski definition) is 4. The fourth-order valence-corrected chi connectivity index (χ4v) is 3.77. The lowest BCUT2D eigenvalue weighted by molar-refractivity contribution is -0.138. The molecule has 32 heavy (non-hydrogen) atoms. The van der Waals surface area contributed by atoms with Crippen molar-refractivity contribution in [2.75, 3.05) is 6.54 Å². The minimum Gasteiger partial charge on any atom is -0.322 e. The van der Waals surface area contributed by atoms with Crippen LogP contribution in [0.25, 0.3) is 0 Å². The van der Waals surface area contributed by atoms with Crippen molar-refractivity contribution in [2.24, 2.45) is 5.92 Å². The molecular weight excluding hydrogens is 411 g/mol. The number of amides is 4. The Morgan fingerprint density at radius 2 is 1.75 bits per heavy atom. The smallest absolute Gasteiger partial charge is 0.322 e. The summed E-state index contributed by atoms with van der Waals surface area (Å²) in [6.07, 6.45) is 1.02. The van der Waals surface area contributed by atoms with E-state index in [0.717, 1.165) is 16.1 Å². The number of urea groups is 1. The fourth-order valence-electron chi connectivity index (χ4n) is 3.77. The second-order valence-electron chi connectivity index (χ2n) is 8.58. The number of aryl methyl sites for hydroxylation is 1. The minimum atomic E-state index is -1.10. The van der Waals surface area contributed by atoms with Gasteiger partial charge in [-0.25, -0.2) is 9.18 Å². The van der Waals surface area contributed by atoms with Crippen LogP contribution in [0.5, 0.6) is 0 Å².